The van der Waals surface area contributed by atoms with Gasteiger partial charge < -0.3 is 15.6 Å². The van der Waals surface area contributed by atoms with E-state index in [0.717, 1.165) is 24.9 Å². The standard InChI is InChI=1S/C20H28N4O/c21-15-20(8-4-1-5-9-20)12-19(25)23-13-17-6-2-3-7-18(17)14-24-11-10-22-16-24/h2-3,6-7,10-11,16H,1,4-5,8-9,12-15,21H2,(H,23,25). The van der Waals surface area contributed by atoms with E-state index in [-0.39, 0.29) is 11.3 Å². The number of nitrogens with zero attached hydrogens (tertiary/aromatic N) is 2. The molecule has 2 aromatic rings. The van der Waals surface area contributed by atoms with Crippen LogP contribution in [0.2, 0.25) is 0 Å². The summed E-state index contributed by atoms with van der Waals surface area (Å²) < 4.78 is 2.03. The summed E-state index contributed by atoms with van der Waals surface area (Å²) >= 11 is 0. The molecule has 1 aliphatic rings. The molecule has 0 aliphatic heterocycles. The zero-order valence-corrected chi connectivity index (χ0v) is 14.8. The van der Waals surface area contributed by atoms with Gasteiger partial charge in [-0.3, -0.25) is 4.79 Å². The van der Waals surface area contributed by atoms with Crippen LogP contribution in [0.3, 0.4) is 0 Å². The number of benzene rings is 1. The fourth-order valence-corrected chi connectivity index (χ4v) is 3.81. The van der Waals surface area contributed by atoms with Crippen LogP contribution in [0.15, 0.2) is 43.0 Å². The van der Waals surface area contributed by atoms with Crippen LogP contribution >= 0.6 is 0 Å². The molecule has 3 N–H and O–H groups in total. The lowest BCUT2D eigenvalue weighted by atomic mass is 9.71. The largest absolute Gasteiger partial charge is 0.352 e. The highest BCUT2D eigenvalue weighted by Crippen LogP contribution is 2.38. The third-order valence-corrected chi connectivity index (χ3v) is 5.39. The number of hydrogen-bond donors (Lipinski definition) is 2. The first-order valence-corrected chi connectivity index (χ1v) is 9.20. The Morgan fingerprint density at radius 3 is 2.64 bits per heavy atom. The molecule has 0 unspecified atom stereocenters. The second-order valence-electron chi connectivity index (χ2n) is 7.22. The van der Waals surface area contributed by atoms with Gasteiger partial charge in [-0.2, -0.15) is 0 Å². The van der Waals surface area contributed by atoms with Crippen molar-refractivity contribution in [3.05, 3.63) is 54.1 Å². The zero-order valence-electron chi connectivity index (χ0n) is 14.8. The minimum Gasteiger partial charge on any atom is -0.352 e. The fourth-order valence-electron chi connectivity index (χ4n) is 3.81. The number of carbonyl (C=O) groups excluding carboxylic acids is 1. The quantitative estimate of drug-likeness (QED) is 0.814. The summed E-state index contributed by atoms with van der Waals surface area (Å²) in [6.45, 7) is 1.93. The first-order valence-electron chi connectivity index (χ1n) is 9.20. The first-order chi connectivity index (χ1) is 12.2. The van der Waals surface area contributed by atoms with E-state index in [1.54, 1.807) is 6.20 Å². The highest BCUT2D eigenvalue weighted by atomic mass is 16.1. The van der Waals surface area contributed by atoms with Crippen molar-refractivity contribution in [1.29, 1.82) is 0 Å². The van der Waals surface area contributed by atoms with Crippen LogP contribution in [-0.4, -0.2) is 22.0 Å². The number of aromatic nitrogens is 2. The van der Waals surface area contributed by atoms with Gasteiger partial charge in [0.05, 0.1) is 6.33 Å². The molecule has 134 valence electrons. The molecular formula is C20H28N4O. The van der Waals surface area contributed by atoms with Gasteiger partial charge in [-0.05, 0) is 35.9 Å². The van der Waals surface area contributed by atoms with Crippen LogP contribution in [0, 0.1) is 5.41 Å². The number of hydrogen-bond acceptors (Lipinski definition) is 3. The van der Waals surface area contributed by atoms with E-state index in [1.807, 2.05) is 29.2 Å². The SMILES string of the molecule is NCC1(CC(=O)NCc2ccccc2Cn2ccnc2)CCCCC1. The first kappa shape index (κ1) is 17.7. The molecule has 1 aliphatic carbocycles. The molecule has 0 saturated heterocycles. The Bertz CT molecular complexity index is 675. The molecule has 1 heterocycles. The van der Waals surface area contributed by atoms with E-state index in [2.05, 4.69) is 22.4 Å². The Hall–Kier alpha value is -2.14. The molecule has 1 amide bonds. The molecule has 0 spiro atoms. The smallest absolute Gasteiger partial charge is 0.220 e. The van der Waals surface area contributed by atoms with Crippen LogP contribution in [0.1, 0.15) is 49.7 Å². The normalized spacial score (nSPS) is 16.5. The van der Waals surface area contributed by atoms with Crippen molar-refractivity contribution >= 4 is 5.91 Å². The summed E-state index contributed by atoms with van der Waals surface area (Å²) in [5.41, 5.74) is 8.37. The Labute approximate surface area is 149 Å². The Morgan fingerprint density at radius 1 is 1.20 bits per heavy atom. The van der Waals surface area contributed by atoms with Crippen molar-refractivity contribution in [2.24, 2.45) is 11.1 Å². The highest BCUT2D eigenvalue weighted by Gasteiger charge is 2.32. The van der Waals surface area contributed by atoms with Crippen LogP contribution < -0.4 is 11.1 Å². The van der Waals surface area contributed by atoms with Gasteiger partial charge in [-0.1, -0.05) is 43.5 Å². The minimum atomic E-state index is 0.0126. The Kier molecular flexibility index (Phi) is 5.87. The molecule has 0 radical (unpaired) electrons. The average molecular weight is 340 g/mol. The maximum absolute atomic E-state index is 12.5. The molecule has 25 heavy (non-hydrogen) atoms. The summed E-state index contributed by atoms with van der Waals surface area (Å²) in [6, 6.07) is 8.22. The Balaban J connectivity index is 1.58. The molecule has 1 aromatic carbocycles. The second kappa shape index (κ2) is 8.30. The van der Waals surface area contributed by atoms with Crippen molar-refractivity contribution in [3.8, 4) is 0 Å². The molecule has 1 fully saturated rings. The molecular weight excluding hydrogens is 312 g/mol. The predicted molar refractivity (Wildman–Crippen MR) is 98.8 cm³/mol. The molecule has 5 nitrogen and oxygen atoms in total. The summed E-state index contributed by atoms with van der Waals surface area (Å²) in [5, 5.41) is 3.11. The van der Waals surface area contributed by atoms with Gasteiger partial charge >= 0.3 is 0 Å². The third kappa shape index (κ3) is 4.69. The van der Waals surface area contributed by atoms with Gasteiger partial charge in [0.25, 0.3) is 0 Å². The van der Waals surface area contributed by atoms with Gasteiger partial charge in [0.15, 0.2) is 0 Å². The van der Waals surface area contributed by atoms with E-state index in [4.69, 9.17) is 5.73 Å². The molecule has 1 saturated carbocycles. The summed E-state index contributed by atoms with van der Waals surface area (Å²) in [7, 11) is 0. The van der Waals surface area contributed by atoms with Gasteiger partial charge in [-0.25, -0.2) is 4.98 Å². The number of nitrogens with one attached hydrogen (secondary N) is 1. The molecule has 3 rings (SSSR count). The van der Waals surface area contributed by atoms with Crippen molar-refractivity contribution < 1.29 is 4.79 Å². The summed E-state index contributed by atoms with van der Waals surface area (Å²) in [5.74, 6) is 0.116. The lowest BCUT2D eigenvalue weighted by Crippen LogP contribution is -2.38. The third-order valence-electron chi connectivity index (χ3n) is 5.39. The van der Waals surface area contributed by atoms with Crippen LogP contribution in [0.4, 0.5) is 0 Å². The van der Waals surface area contributed by atoms with E-state index >= 15 is 0 Å². The van der Waals surface area contributed by atoms with Gasteiger partial charge in [0.1, 0.15) is 0 Å². The van der Waals surface area contributed by atoms with E-state index in [9.17, 15) is 4.79 Å². The number of imidazole rings is 1. The van der Waals surface area contributed by atoms with Crippen molar-refractivity contribution in [2.45, 2.75) is 51.6 Å². The van der Waals surface area contributed by atoms with Crippen LogP contribution in [-0.2, 0) is 17.9 Å². The van der Waals surface area contributed by atoms with Crippen LogP contribution in [0.5, 0.6) is 0 Å². The van der Waals surface area contributed by atoms with Gasteiger partial charge in [0, 0.05) is 31.9 Å². The van der Waals surface area contributed by atoms with E-state index in [0.29, 0.717) is 19.5 Å². The zero-order chi connectivity index (χ0) is 17.5. The van der Waals surface area contributed by atoms with E-state index < -0.39 is 0 Å². The monoisotopic (exact) mass is 340 g/mol. The van der Waals surface area contributed by atoms with Crippen molar-refractivity contribution in [2.75, 3.05) is 6.54 Å². The number of amides is 1. The lowest BCUT2D eigenvalue weighted by molar-refractivity contribution is -0.124. The fraction of sp³-hybridized carbons (Fsp3) is 0.500. The topological polar surface area (TPSA) is 72.9 Å². The van der Waals surface area contributed by atoms with Gasteiger partial charge in [-0.15, -0.1) is 0 Å². The minimum absolute atomic E-state index is 0.0126. The highest BCUT2D eigenvalue weighted by molar-refractivity contribution is 5.76. The molecule has 0 bridgehead atoms. The lowest BCUT2D eigenvalue weighted by Gasteiger charge is -2.35. The van der Waals surface area contributed by atoms with E-state index in [1.165, 1.54) is 24.8 Å². The average Bonchev–Trinajstić information content (AvgIpc) is 3.15. The number of rotatable bonds is 7. The Morgan fingerprint density at radius 2 is 1.96 bits per heavy atom. The molecule has 5 heteroatoms. The second-order valence-corrected chi connectivity index (χ2v) is 7.22. The van der Waals surface area contributed by atoms with Gasteiger partial charge in [0.2, 0.25) is 5.91 Å². The maximum atomic E-state index is 12.5. The molecule has 1 aromatic heterocycles. The van der Waals surface area contributed by atoms with Crippen LogP contribution in [0.25, 0.3) is 0 Å². The summed E-state index contributed by atoms with van der Waals surface area (Å²) in [4.78, 5) is 16.6. The van der Waals surface area contributed by atoms with Crippen molar-refractivity contribution in [3.63, 3.8) is 0 Å². The molecule has 0 atom stereocenters. The number of nitrogens with two attached hydrogens (primary N) is 1. The summed E-state index contributed by atoms with van der Waals surface area (Å²) in [6.07, 6.45) is 11.9. The number of carbonyl (C=O) groups is 1. The maximum Gasteiger partial charge on any atom is 0.220 e. The predicted octanol–water partition coefficient (Wildman–Crippen LogP) is 2.85. The van der Waals surface area contributed by atoms with Crippen molar-refractivity contribution in [1.82, 2.24) is 14.9 Å².